The van der Waals surface area contributed by atoms with Crippen molar-refractivity contribution in [3.8, 4) is 5.75 Å². The molecule has 0 aliphatic heterocycles. The maximum Gasteiger partial charge on any atom is 0.259 e. The summed E-state index contributed by atoms with van der Waals surface area (Å²) in [5.41, 5.74) is 4.62. The smallest absolute Gasteiger partial charge is 0.259 e. The molecule has 0 bridgehead atoms. The summed E-state index contributed by atoms with van der Waals surface area (Å²) in [6.45, 7) is 1.88. The van der Waals surface area contributed by atoms with Crippen LogP contribution >= 0.6 is 0 Å². The first-order chi connectivity index (χ1) is 10.7. The SMILES string of the molecule is COc1ccccc1NCC(=O)N/N=C(/C)c1ccccn1. The second-order valence-corrected chi connectivity index (χ2v) is 4.50. The summed E-state index contributed by atoms with van der Waals surface area (Å²) in [6, 6.07) is 12.9. The number of hydrazone groups is 1. The summed E-state index contributed by atoms with van der Waals surface area (Å²) in [4.78, 5) is 16.0. The minimum absolute atomic E-state index is 0.0966. The van der Waals surface area contributed by atoms with Crippen LogP contribution in [-0.4, -0.2) is 30.3 Å². The summed E-state index contributed by atoms with van der Waals surface area (Å²) in [5.74, 6) is 0.435. The number of aromatic nitrogens is 1. The van der Waals surface area contributed by atoms with Crippen LogP contribution in [0.15, 0.2) is 53.8 Å². The number of hydrogen-bond donors (Lipinski definition) is 2. The lowest BCUT2D eigenvalue weighted by Gasteiger charge is -2.10. The van der Waals surface area contributed by atoms with Crippen molar-refractivity contribution in [2.75, 3.05) is 19.0 Å². The van der Waals surface area contributed by atoms with E-state index in [-0.39, 0.29) is 12.5 Å². The van der Waals surface area contributed by atoms with Crippen molar-refractivity contribution >= 4 is 17.3 Å². The van der Waals surface area contributed by atoms with E-state index in [2.05, 4.69) is 20.8 Å². The molecule has 0 fully saturated rings. The Morgan fingerprint density at radius 2 is 2.00 bits per heavy atom. The number of nitrogens with one attached hydrogen (secondary N) is 2. The van der Waals surface area contributed by atoms with Crippen LogP contribution in [0.25, 0.3) is 0 Å². The van der Waals surface area contributed by atoms with E-state index >= 15 is 0 Å². The van der Waals surface area contributed by atoms with Gasteiger partial charge in [0.2, 0.25) is 0 Å². The highest BCUT2D eigenvalue weighted by atomic mass is 16.5. The lowest BCUT2D eigenvalue weighted by Crippen LogP contribution is -2.27. The molecule has 2 N–H and O–H groups in total. The molecule has 6 nitrogen and oxygen atoms in total. The van der Waals surface area contributed by atoms with Crippen molar-refractivity contribution < 1.29 is 9.53 Å². The number of anilines is 1. The normalized spacial score (nSPS) is 10.9. The van der Waals surface area contributed by atoms with E-state index < -0.39 is 0 Å². The minimum Gasteiger partial charge on any atom is -0.495 e. The van der Waals surface area contributed by atoms with Crippen molar-refractivity contribution in [3.05, 3.63) is 54.4 Å². The van der Waals surface area contributed by atoms with E-state index in [1.54, 1.807) is 20.2 Å². The zero-order valence-corrected chi connectivity index (χ0v) is 12.5. The average Bonchev–Trinajstić information content (AvgIpc) is 2.58. The number of carbonyl (C=O) groups excluding carboxylic acids is 1. The van der Waals surface area contributed by atoms with E-state index in [0.29, 0.717) is 11.5 Å². The van der Waals surface area contributed by atoms with Crippen molar-refractivity contribution in [2.45, 2.75) is 6.92 Å². The molecule has 0 saturated carbocycles. The fraction of sp³-hybridized carbons (Fsp3) is 0.188. The molecule has 0 radical (unpaired) electrons. The molecule has 0 atom stereocenters. The zero-order chi connectivity index (χ0) is 15.8. The molecule has 2 aromatic rings. The quantitative estimate of drug-likeness (QED) is 0.632. The van der Waals surface area contributed by atoms with Gasteiger partial charge in [-0.15, -0.1) is 0 Å². The van der Waals surface area contributed by atoms with Crippen molar-refractivity contribution in [3.63, 3.8) is 0 Å². The number of rotatable bonds is 6. The van der Waals surface area contributed by atoms with Gasteiger partial charge in [-0.2, -0.15) is 5.10 Å². The Morgan fingerprint density at radius 1 is 1.23 bits per heavy atom. The third-order valence-corrected chi connectivity index (χ3v) is 2.93. The highest BCUT2D eigenvalue weighted by Crippen LogP contribution is 2.22. The average molecular weight is 298 g/mol. The van der Waals surface area contributed by atoms with Crippen LogP contribution in [0.2, 0.25) is 0 Å². The van der Waals surface area contributed by atoms with E-state index in [9.17, 15) is 4.79 Å². The molecule has 1 amide bonds. The largest absolute Gasteiger partial charge is 0.495 e. The van der Waals surface area contributed by atoms with Crippen LogP contribution in [0, 0.1) is 0 Å². The summed E-state index contributed by atoms with van der Waals surface area (Å²) in [6.07, 6.45) is 1.68. The number of nitrogens with zero attached hydrogens (tertiary/aromatic N) is 2. The summed E-state index contributed by atoms with van der Waals surface area (Å²) >= 11 is 0. The summed E-state index contributed by atoms with van der Waals surface area (Å²) < 4.78 is 5.20. The number of carbonyl (C=O) groups is 1. The van der Waals surface area contributed by atoms with Gasteiger partial charge in [0.15, 0.2) is 0 Å². The predicted molar refractivity (Wildman–Crippen MR) is 86.1 cm³/mol. The zero-order valence-electron chi connectivity index (χ0n) is 12.5. The first-order valence-electron chi connectivity index (χ1n) is 6.82. The number of para-hydroxylation sites is 2. The van der Waals surface area contributed by atoms with Gasteiger partial charge >= 0.3 is 0 Å². The monoisotopic (exact) mass is 298 g/mol. The molecule has 6 heteroatoms. The lowest BCUT2D eigenvalue weighted by atomic mass is 10.3. The van der Waals surface area contributed by atoms with Gasteiger partial charge in [-0.3, -0.25) is 9.78 Å². The van der Waals surface area contributed by atoms with Crippen molar-refractivity contribution in [1.29, 1.82) is 0 Å². The molecule has 2 rings (SSSR count). The van der Waals surface area contributed by atoms with Crippen LogP contribution < -0.4 is 15.5 Å². The molecule has 0 unspecified atom stereocenters. The second-order valence-electron chi connectivity index (χ2n) is 4.50. The van der Waals surface area contributed by atoms with E-state index in [0.717, 1.165) is 11.4 Å². The van der Waals surface area contributed by atoms with Gasteiger partial charge in [-0.25, -0.2) is 5.43 Å². The van der Waals surface area contributed by atoms with Gasteiger partial charge in [-0.05, 0) is 31.2 Å². The van der Waals surface area contributed by atoms with Gasteiger partial charge in [0.05, 0.1) is 30.7 Å². The van der Waals surface area contributed by atoms with Crippen LogP contribution in [0.1, 0.15) is 12.6 Å². The highest BCUT2D eigenvalue weighted by Gasteiger charge is 2.05. The maximum atomic E-state index is 11.8. The van der Waals surface area contributed by atoms with Gasteiger partial charge in [-0.1, -0.05) is 18.2 Å². The minimum atomic E-state index is -0.249. The highest BCUT2D eigenvalue weighted by molar-refractivity contribution is 5.97. The Labute approximate surface area is 129 Å². The Balaban J connectivity index is 1.88. The molecule has 1 heterocycles. The second kappa shape index (κ2) is 7.78. The number of benzene rings is 1. The van der Waals surface area contributed by atoms with Crippen molar-refractivity contribution in [2.24, 2.45) is 5.10 Å². The number of pyridine rings is 1. The maximum absolute atomic E-state index is 11.8. The molecule has 0 saturated heterocycles. The van der Waals surface area contributed by atoms with Gasteiger partial charge < -0.3 is 10.1 Å². The molecule has 1 aromatic heterocycles. The van der Waals surface area contributed by atoms with Crippen LogP contribution in [0.5, 0.6) is 5.75 Å². The van der Waals surface area contributed by atoms with E-state index in [1.807, 2.05) is 42.5 Å². The predicted octanol–water partition coefficient (Wildman–Crippen LogP) is 2.04. The third-order valence-electron chi connectivity index (χ3n) is 2.93. The molecular weight excluding hydrogens is 280 g/mol. The fourth-order valence-electron chi connectivity index (χ4n) is 1.79. The first-order valence-corrected chi connectivity index (χ1v) is 6.82. The van der Waals surface area contributed by atoms with E-state index in [1.165, 1.54) is 0 Å². The van der Waals surface area contributed by atoms with Gasteiger partial charge in [0, 0.05) is 6.20 Å². The third kappa shape index (κ3) is 4.31. The van der Waals surface area contributed by atoms with E-state index in [4.69, 9.17) is 4.74 Å². The first kappa shape index (κ1) is 15.5. The number of methoxy groups -OCH3 is 1. The Hall–Kier alpha value is -2.89. The molecule has 0 aliphatic rings. The standard InChI is InChI=1S/C16H18N4O2/c1-12(13-7-5-6-10-17-13)19-20-16(21)11-18-14-8-3-4-9-15(14)22-2/h3-10,18H,11H2,1-2H3,(H,20,21)/b19-12-. The number of hydrogen-bond acceptors (Lipinski definition) is 5. The molecule has 0 spiro atoms. The fourth-order valence-corrected chi connectivity index (χ4v) is 1.79. The molecular formula is C16H18N4O2. The van der Waals surface area contributed by atoms with Gasteiger partial charge in [0.1, 0.15) is 5.75 Å². The Bertz CT molecular complexity index is 656. The van der Waals surface area contributed by atoms with Crippen LogP contribution in [0.4, 0.5) is 5.69 Å². The van der Waals surface area contributed by atoms with Crippen LogP contribution in [0.3, 0.4) is 0 Å². The molecule has 22 heavy (non-hydrogen) atoms. The number of ether oxygens (including phenoxy) is 1. The summed E-state index contributed by atoms with van der Waals surface area (Å²) in [7, 11) is 1.58. The van der Waals surface area contributed by atoms with Crippen LogP contribution in [-0.2, 0) is 4.79 Å². The molecule has 0 aliphatic carbocycles. The molecule has 1 aromatic carbocycles. The molecule has 114 valence electrons. The van der Waals surface area contributed by atoms with Gasteiger partial charge in [0.25, 0.3) is 5.91 Å². The Kier molecular flexibility index (Phi) is 5.48. The topological polar surface area (TPSA) is 75.6 Å². The summed E-state index contributed by atoms with van der Waals surface area (Å²) in [5, 5.41) is 7.04. The lowest BCUT2D eigenvalue weighted by molar-refractivity contribution is -0.119. The van der Waals surface area contributed by atoms with Crippen molar-refractivity contribution in [1.82, 2.24) is 10.4 Å². The number of amides is 1. The Morgan fingerprint density at radius 3 is 2.73 bits per heavy atom.